The number of carbonyl (C=O) groups is 1. The fourth-order valence-corrected chi connectivity index (χ4v) is 2.37. The van der Waals surface area contributed by atoms with Gasteiger partial charge in [0.25, 0.3) is 0 Å². The zero-order valence-electron chi connectivity index (χ0n) is 10.0. The van der Waals surface area contributed by atoms with Gasteiger partial charge < -0.3 is 10.6 Å². The van der Waals surface area contributed by atoms with Crippen molar-refractivity contribution in [1.29, 1.82) is 0 Å². The van der Waals surface area contributed by atoms with Gasteiger partial charge in [-0.1, -0.05) is 0 Å². The van der Waals surface area contributed by atoms with E-state index in [0.29, 0.717) is 18.5 Å². The van der Waals surface area contributed by atoms with Crippen LogP contribution in [0.4, 0.5) is 0 Å². The largest absolute Gasteiger partial charge is 0.342 e. The summed E-state index contributed by atoms with van der Waals surface area (Å²) in [5, 5.41) is 0. The fraction of sp³-hybridized carbons (Fsp3) is 0.917. The molecule has 0 aromatic carbocycles. The number of nitrogens with zero attached hydrogens (tertiary/aromatic N) is 2. The Hall–Kier alpha value is -0.610. The van der Waals surface area contributed by atoms with Gasteiger partial charge in [-0.2, -0.15) is 0 Å². The molecule has 0 unspecified atom stereocenters. The molecule has 4 nitrogen and oxygen atoms in total. The van der Waals surface area contributed by atoms with Crippen molar-refractivity contribution in [1.82, 2.24) is 9.80 Å². The van der Waals surface area contributed by atoms with Gasteiger partial charge in [0, 0.05) is 25.7 Å². The van der Waals surface area contributed by atoms with E-state index in [9.17, 15) is 4.79 Å². The van der Waals surface area contributed by atoms with Crippen LogP contribution in [0.5, 0.6) is 0 Å². The molecule has 0 aromatic rings. The Bertz CT molecular complexity index is 234. The molecule has 1 aliphatic heterocycles. The molecule has 1 aliphatic carbocycles. The zero-order chi connectivity index (χ0) is 11.4. The number of nitrogens with two attached hydrogens (primary N) is 1. The summed E-state index contributed by atoms with van der Waals surface area (Å²) in [6.45, 7) is 4.26. The summed E-state index contributed by atoms with van der Waals surface area (Å²) in [7, 11) is 0. The SMILES string of the molecule is NCCCN(CC(=O)N1CCCC1)C1CC1. The molecule has 1 saturated carbocycles. The van der Waals surface area contributed by atoms with E-state index in [2.05, 4.69) is 4.90 Å². The van der Waals surface area contributed by atoms with Crippen molar-refractivity contribution in [3.05, 3.63) is 0 Å². The molecule has 16 heavy (non-hydrogen) atoms. The maximum Gasteiger partial charge on any atom is 0.236 e. The van der Waals surface area contributed by atoms with Gasteiger partial charge >= 0.3 is 0 Å². The van der Waals surface area contributed by atoms with E-state index in [1.165, 1.54) is 25.7 Å². The average Bonchev–Trinajstić information content (AvgIpc) is 2.98. The lowest BCUT2D eigenvalue weighted by Gasteiger charge is -2.24. The highest BCUT2D eigenvalue weighted by Gasteiger charge is 2.31. The third kappa shape index (κ3) is 3.19. The number of hydrogen-bond acceptors (Lipinski definition) is 3. The molecule has 1 heterocycles. The van der Waals surface area contributed by atoms with Gasteiger partial charge in [-0.05, 0) is 38.6 Å². The van der Waals surface area contributed by atoms with E-state index in [4.69, 9.17) is 5.73 Å². The first-order valence-corrected chi connectivity index (χ1v) is 6.53. The van der Waals surface area contributed by atoms with E-state index < -0.39 is 0 Å². The minimum atomic E-state index is 0.321. The van der Waals surface area contributed by atoms with Crippen LogP contribution >= 0.6 is 0 Å². The van der Waals surface area contributed by atoms with Crippen LogP contribution in [0.1, 0.15) is 32.1 Å². The first-order valence-electron chi connectivity index (χ1n) is 6.53. The molecular formula is C12H23N3O. The summed E-state index contributed by atoms with van der Waals surface area (Å²) in [6, 6.07) is 0.665. The minimum absolute atomic E-state index is 0.321. The summed E-state index contributed by atoms with van der Waals surface area (Å²) < 4.78 is 0. The van der Waals surface area contributed by atoms with Crippen molar-refractivity contribution in [3.8, 4) is 0 Å². The Morgan fingerprint density at radius 3 is 2.56 bits per heavy atom. The molecule has 0 aromatic heterocycles. The molecule has 2 rings (SSSR count). The van der Waals surface area contributed by atoms with Crippen LogP contribution < -0.4 is 5.73 Å². The standard InChI is InChI=1S/C12H23N3O/c13-6-3-9-15(11-4-5-11)10-12(16)14-7-1-2-8-14/h11H,1-10,13H2. The number of amides is 1. The molecule has 92 valence electrons. The first kappa shape index (κ1) is 11.9. The second kappa shape index (κ2) is 5.64. The van der Waals surface area contributed by atoms with Crippen LogP contribution in [0.15, 0.2) is 0 Å². The van der Waals surface area contributed by atoms with Crippen LogP contribution in [-0.4, -0.2) is 54.5 Å². The van der Waals surface area contributed by atoms with Crippen molar-refractivity contribution in [2.24, 2.45) is 5.73 Å². The van der Waals surface area contributed by atoms with E-state index in [0.717, 1.165) is 32.6 Å². The van der Waals surface area contributed by atoms with Crippen molar-refractivity contribution < 1.29 is 4.79 Å². The number of likely N-dealkylation sites (tertiary alicyclic amines) is 1. The molecule has 0 bridgehead atoms. The van der Waals surface area contributed by atoms with Crippen LogP contribution in [-0.2, 0) is 4.79 Å². The van der Waals surface area contributed by atoms with Crippen molar-refractivity contribution in [2.45, 2.75) is 38.1 Å². The average molecular weight is 225 g/mol. The first-order chi connectivity index (χ1) is 7.81. The highest BCUT2D eigenvalue weighted by molar-refractivity contribution is 5.78. The lowest BCUT2D eigenvalue weighted by Crippen LogP contribution is -2.40. The van der Waals surface area contributed by atoms with E-state index in [1.54, 1.807) is 0 Å². The minimum Gasteiger partial charge on any atom is -0.342 e. The molecule has 2 fully saturated rings. The molecule has 4 heteroatoms. The monoisotopic (exact) mass is 225 g/mol. The molecule has 1 saturated heterocycles. The predicted octanol–water partition coefficient (Wildman–Crippen LogP) is 0.422. The number of rotatable bonds is 6. The molecule has 0 spiro atoms. The van der Waals surface area contributed by atoms with Crippen molar-refractivity contribution in [3.63, 3.8) is 0 Å². The Morgan fingerprint density at radius 2 is 2.00 bits per heavy atom. The van der Waals surface area contributed by atoms with Gasteiger partial charge in [-0.25, -0.2) is 0 Å². The quantitative estimate of drug-likeness (QED) is 0.713. The Kier molecular flexibility index (Phi) is 4.18. The summed E-state index contributed by atoms with van der Waals surface area (Å²) in [5.74, 6) is 0.321. The normalized spacial score (nSPS) is 20.8. The van der Waals surface area contributed by atoms with Crippen LogP contribution in [0, 0.1) is 0 Å². The zero-order valence-corrected chi connectivity index (χ0v) is 10.0. The van der Waals surface area contributed by atoms with Gasteiger partial charge in [-0.15, -0.1) is 0 Å². The highest BCUT2D eigenvalue weighted by atomic mass is 16.2. The summed E-state index contributed by atoms with van der Waals surface area (Å²) in [6.07, 6.45) is 5.88. The van der Waals surface area contributed by atoms with E-state index in [1.807, 2.05) is 4.90 Å². The maximum atomic E-state index is 12.0. The molecule has 1 amide bonds. The third-order valence-electron chi connectivity index (χ3n) is 3.51. The maximum absolute atomic E-state index is 12.0. The smallest absolute Gasteiger partial charge is 0.236 e. The predicted molar refractivity (Wildman–Crippen MR) is 64.1 cm³/mol. The summed E-state index contributed by atoms with van der Waals surface area (Å²) in [5.41, 5.74) is 5.53. The summed E-state index contributed by atoms with van der Waals surface area (Å²) >= 11 is 0. The number of hydrogen-bond donors (Lipinski definition) is 1. The molecular weight excluding hydrogens is 202 g/mol. The van der Waals surface area contributed by atoms with Gasteiger partial charge in [0.1, 0.15) is 0 Å². The fourth-order valence-electron chi connectivity index (χ4n) is 2.37. The Balaban J connectivity index is 1.77. The van der Waals surface area contributed by atoms with E-state index in [-0.39, 0.29) is 0 Å². The van der Waals surface area contributed by atoms with Crippen LogP contribution in [0.2, 0.25) is 0 Å². The molecule has 2 N–H and O–H groups in total. The van der Waals surface area contributed by atoms with Crippen molar-refractivity contribution >= 4 is 5.91 Å². The highest BCUT2D eigenvalue weighted by Crippen LogP contribution is 2.26. The van der Waals surface area contributed by atoms with Gasteiger partial charge in [0.2, 0.25) is 5.91 Å². The molecule has 2 aliphatic rings. The Labute approximate surface area is 97.8 Å². The second-order valence-corrected chi connectivity index (χ2v) is 4.93. The van der Waals surface area contributed by atoms with Crippen LogP contribution in [0.25, 0.3) is 0 Å². The lowest BCUT2D eigenvalue weighted by molar-refractivity contribution is -0.131. The van der Waals surface area contributed by atoms with Crippen LogP contribution in [0.3, 0.4) is 0 Å². The lowest BCUT2D eigenvalue weighted by atomic mass is 10.3. The van der Waals surface area contributed by atoms with Gasteiger partial charge in [-0.3, -0.25) is 9.69 Å². The molecule has 0 radical (unpaired) electrons. The summed E-state index contributed by atoms with van der Waals surface area (Å²) in [4.78, 5) is 16.3. The second-order valence-electron chi connectivity index (χ2n) is 4.93. The van der Waals surface area contributed by atoms with E-state index >= 15 is 0 Å². The van der Waals surface area contributed by atoms with Gasteiger partial charge in [0.05, 0.1) is 6.54 Å². The topological polar surface area (TPSA) is 49.6 Å². The Morgan fingerprint density at radius 1 is 1.31 bits per heavy atom. The van der Waals surface area contributed by atoms with Gasteiger partial charge in [0.15, 0.2) is 0 Å². The third-order valence-corrected chi connectivity index (χ3v) is 3.51. The molecule has 0 atom stereocenters. The number of carbonyl (C=O) groups excluding carboxylic acids is 1. The van der Waals surface area contributed by atoms with Crippen molar-refractivity contribution in [2.75, 3.05) is 32.7 Å².